The van der Waals surface area contributed by atoms with Gasteiger partial charge in [0.15, 0.2) is 6.61 Å². The van der Waals surface area contributed by atoms with Crippen LogP contribution >= 0.6 is 0 Å². The predicted molar refractivity (Wildman–Crippen MR) is 104 cm³/mol. The number of nitrogens with zero attached hydrogens (tertiary/aromatic N) is 2. The lowest BCUT2D eigenvalue weighted by Crippen LogP contribution is -2.32. The molecular weight excluding hydrogens is 361 g/mol. The van der Waals surface area contributed by atoms with Gasteiger partial charge in [-0.1, -0.05) is 12.1 Å². The molecule has 3 rings (SSSR count). The Balaban J connectivity index is 1.54. The molecule has 0 unspecified atom stereocenters. The van der Waals surface area contributed by atoms with E-state index in [0.29, 0.717) is 11.5 Å². The third-order valence-corrected chi connectivity index (χ3v) is 4.54. The fraction of sp³-hybridized carbons (Fsp3) is 0.286. The van der Waals surface area contributed by atoms with Gasteiger partial charge in [0.1, 0.15) is 11.6 Å². The van der Waals surface area contributed by atoms with Gasteiger partial charge in [-0.3, -0.25) is 9.59 Å². The van der Waals surface area contributed by atoms with Crippen LogP contribution in [0, 0.1) is 5.82 Å². The van der Waals surface area contributed by atoms with Crippen molar-refractivity contribution < 1.29 is 18.7 Å². The van der Waals surface area contributed by atoms with Crippen LogP contribution in [0.25, 0.3) is 0 Å². The molecular formula is C21H22FN3O3. The van der Waals surface area contributed by atoms with Crippen LogP contribution in [0.3, 0.4) is 0 Å². The molecule has 1 fully saturated rings. The van der Waals surface area contributed by atoms with Gasteiger partial charge in [0.25, 0.3) is 11.8 Å². The van der Waals surface area contributed by atoms with Crippen molar-refractivity contribution in [3.05, 3.63) is 65.5 Å². The number of ether oxygens (including phenoxy) is 1. The number of amides is 2. The molecule has 1 N–H and O–H groups in total. The lowest BCUT2D eigenvalue weighted by atomic mass is 10.1. The Bertz CT molecular complexity index is 875. The molecule has 28 heavy (non-hydrogen) atoms. The Hall–Kier alpha value is -3.22. The molecule has 7 heteroatoms. The summed E-state index contributed by atoms with van der Waals surface area (Å²) in [5.74, 6) is -0.634. The van der Waals surface area contributed by atoms with Gasteiger partial charge in [-0.15, -0.1) is 0 Å². The molecule has 0 atom stereocenters. The minimum Gasteiger partial charge on any atom is -0.484 e. The second kappa shape index (κ2) is 9.12. The number of hydrogen-bond acceptors (Lipinski definition) is 4. The van der Waals surface area contributed by atoms with Crippen molar-refractivity contribution in [2.75, 3.05) is 19.7 Å². The quantitative estimate of drug-likeness (QED) is 0.616. The summed E-state index contributed by atoms with van der Waals surface area (Å²) < 4.78 is 19.2. The maximum absolute atomic E-state index is 13.6. The summed E-state index contributed by atoms with van der Waals surface area (Å²) >= 11 is 0. The van der Waals surface area contributed by atoms with Crippen LogP contribution in [-0.4, -0.2) is 42.1 Å². The molecule has 2 amide bonds. The van der Waals surface area contributed by atoms with Crippen LogP contribution in [0.15, 0.2) is 53.6 Å². The standard InChI is InChI=1S/C21H22FN3O3/c1-15(23-24-21(27)18-6-2-3-7-19(18)22)16-8-10-17(11-9-16)28-14-20(26)25-12-4-5-13-25/h2-3,6-11H,4-5,12-14H2,1H3,(H,24,27)/b23-15-. The molecule has 0 radical (unpaired) electrons. The van der Waals surface area contributed by atoms with Crippen LogP contribution in [0.5, 0.6) is 5.75 Å². The van der Waals surface area contributed by atoms with Crippen LogP contribution in [0.2, 0.25) is 0 Å². The average Bonchev–Trinajstić information content (AvgIpc) is 3.26. The zero-order valence-electron chi connectivity index (χ0n) is 15.7. The monoisotopic (exact) mass is 383 g/mol. The van der Waals surface area contributed by atoms with E-state index in [1.54, 1.807) is 37.3 Å². The number of carbonyl (C=O) groups excluding carboxylic acids is 2. The minimum atomic E-state index is -0.613. The highest BCUT2D eigenvalue weighted by Crippen LogP contribution is 2.14. The molecule has 146 valence electrons. The number of hydrogen-bond donors (Lipinski definition) is 1. The highest BCUT2D eigenvalue weighted by atomic mass is 19.1. The largest absolute Gasteiger partial charge is 0.484 e. The van der Waals surface area contributed by atoms with Crippen molar-refractivity contribution in [3.8, 4) is 5.75 Å². The fourth-order valence-corrected chi connectivity index (χ4v) is 2.90. The van der Waals surface area contributed by atoms with Crippen molar-refractivity contribution in [3.63, 3.8) is 0 Å². The van der Waals surface area contributed by atoms with Crippen molar-refractivity contribution in [1.29, 1.82) is 0 Å². The van der Waals surface area contributed by atoms with Gasteiger partial charge < -0.3 is 9.64 Å². The first-order valence-electron chi connectivity index (χ1n) is 9.15. The van der Waals surface area contributed by atoms with Crippen molar-refractivity contribution >= 4 is 17.5 Å². The zero-order chi connectivity index (χ0) is 19.9. The minimum absolute atomic E-state index is 0.00447. The van der Waals surface area contributed by atoms with Gasteiger partial charge in [0, 0.05) is 13.1 Å². The van der Waals surface area contributed by atoms with Gasteiger partial charge in [-0.2, -0.15) is 5.10 Å². The number of benzene rings is 2. The highest BCUT2D eigenvalue weighted by Gasteiger charge is 2.18. The van der Waals surface area contributed by atoms with E-state index in [9.17, 15) is 14.0 Å². The van der Waals surface area contributed by atoms with Crippen molar-refractivity contribution in [2.45, 2.75) is 19.8 Å². The first-order valence-corrected chi connectivity index (χ1v) is 9.15. The summed E-state index contributed by atoms with van der Waals surface area (Å²) in [4.78, 5) is 25.8. The lowest BCUT2D eigenvalue weighted by Gasteiger charge is -2.15. The number of likely N-dealkylation sites (tertiary alicyclic amines) is 1. The summed E-state index contributed by atoms with van der Waals surface area (Å²) in [6, 6.07) is 12.8. The van der Waals surface area contributed by atoms with Gasteiger partial charge >= 0.3 is 0 Å². The van der Waals surface area contributed by atoms with Crippen LogP contribution in [-0.2, 0) is 4.79 Å². The summed E-state index contributed by atoms with van der Waals surface area (Å²) in [5, 5.41) is 4.02. The molecule has 0 spiro atoms. The molecule has 1 heterocycles. The Morgan fingerprint density at radius 1 is 1.11 bits per heavy atom. The summed E-state index contributed by atoms with van der Waals surface area (Å²) in [6.45, 7) is 3.35. The molecule has 1 aliphatic rings. The second-order valence-electron chi connectivity index (χ2n) is 6.52. The maximum Gasteiger partial charge on any atom is 0.274 e. The van der Waals surface area contributed by atoms with Gasteiger partial charge in [-0.05, 0) is 61.7 Å². The topological polar surface area (TPSA) is 71.0 Å². The second-order valence-corrected chi connectivity index (χ2v) is 6.52. The maximum atomic E-state index is 13.6. The Kier molecular flexibility index (Phi) is 6.37. The van der Waals surface area contributed by atoms with Crippen LogP contribution in [0.1, 0.15) is 35.7 Å². The SMILES string of the molecule is C/C(=N/NC(=O)c1ccccc1F)c1ccc(OCC(=O)N2CCCC2)cc1. The molecule has 1 saturated heterocycles. The third-order valence-electron chi connectivity index (χ3n) is 4.54. The Morgan fingerprint density at radius 2 is 1.79 bits per heavy atom. The predicted octanol–water partition coefficient (Wildman–Crippen LogP) is 2.98. The number of nitrogens with one attached hydrogen (secondary N) is 1. The Morgan fingerprint density at radius 3 is 2.46 bits per heavy atom. The van der Waals surface area contributed by atoms with E-state index in [1.165, 1.54) is 18.2 Å². The van der Waals surface area contributed by atoms with E-state index in [1.807, 2.05) is 4.90 Å². The molecule has 0 bridgehead atoms. The molecule has 0 aromatic heterocycles. The molecule has 1 aliphatic heterocycles. The first-order chi connectivity index (χ1) is 13.5. The van der Waals surface area contributed by atoms with Gasteiger partial charge in [0.05, 0.1) is 11.3 Å². The molecule has 2 aromatic rings. The third kappa shape index (κ3) is 4.94. The average molecular weight is 383 g/mol. The first kappa shape index (κ1) is 19.5. The van der Waals surface area contributed by atoms with E-state index in [2.05, 4.69) is 10.5 Å². The highest BCUT2D eigenvalue weighted by molar-refractivity contribution is 6.01. The van der Waals surface area contributed by atoms with Crippen LogP contribution < -0.4 is 10.2 Å². The van der Waals surface area contributed by atoms with E-state index >= 15 is 0 Å². The molecule has 0 saturated carbocycles. The van der Waals surface area contributed by atoms with E-state index < -0.39 is 11.7 Å². The van der Waals surface area contributed by atoms with E-state index in [0.717, 1.165) is 31.5 Å². The molecule has 6 nitrogen and oxygen atoms in total. The summed E-state index contributed by atoms with van der Waals surface area (Å²) in [5.41, 5.74) is 3.62. The fourth-order valence-electron chi connectivity index (χ4n) is 2.90. The lowest BCUT2D eigenvalue weighted by molar-refractivity contribution is -0.132. The number of hydrazone groups is 1. The van der Waals surface area contributed by atoms with Crippen molar-refractivity contribution in [2.24, 2.45) is 5.10 Å². The Labute approximate surface area is 163 Å². The normalized spacial score (nSPS) is 14.1. The smallest absolute Gasteiger partial charge is 0.274 e. The van der Waals surface area contributed by atoms with E-state index in [4.69, 9.17) is 4.74 Å². The number of carbonyl (C=O) groups is 2. The van der Waals surface area contributed by atoms with Gasteiger partial charge in [-0.25, -0.2) is 9.82 Å². The molecule has 0 aliphatic carbocycles. The van der Waals surface area contributed by atoms with E-state index in [-0.39, 0.29) is 18.1 Å². The molecule has 2 aromatic carbocycles. The number of halogens is 1. The number of rotatable bonds is 6. The van der Waals surface area contributed by atoms with Gasteiger partial charge in [0.2, 0.25) is 0 Å². The van der Waals surface area contributed by atoms with Crippen LogP contribution in [0.4, 0.5) is 4.39 Å². The zero-order valence-corrected chi connectivity index (χ0v) is 15.7. The summed E-state index contributed by atoms with van der Waals surface area (Å²) in [6.07, 6.45) is 2.10. The summed E-state index contributed by atoms with van der Waals surface area (Å²) in [7, 11) is 0. The van der Waals surface area contributed by atoms with Crippen molar-refractivity contribution in [1.82, 2.24) is 10.3 Å².